The normalized spacial score (nSPS) is 17.8. The van der Waals surface area contributed by atoms with E-state index in [0.29, 0.717) is 36.9 Å². The Morgan fingerprint density at radius 2 is 1.50 bits per heavy atom. The maximum absolute atomic E-state index is 13.2. The second kappa shape index (κ2) is 9.89. The quantitative estimate of drug-likeness (QED) is 0.572. The van der Waals surface area contributed by atoms with Crippen molar-refractivity contribution in [2.24, 2.45) is 5.92 Å². The Kier molecular flexibility index (Phi) is 6.53. The fourth-order valence-electron chi connectivity index (χ4n) is 4.66. The molecule has 2 aliphatic heterocycles. The highest BCUT2D eigenvalue weighted by Crippen LogP contribution is 2.24. The molecule has 1 aromatic heterocycles. The third-order valence-corrected chi connectivity index (χ3v) is 6.65. The zero-order chi connectivity index (χ0) is 23.5. The molecule has 0 unspecified atom stereocenters. The third-order valence-electron chi connectivity index (χ3n) is 6.65. The molecule has 178 valence electrons. The van der Waals surface area contributed by atoms with Gasteiger partial charge in [-0.15, -0.1) is 0 Å². The van der Waals surface area contributed by atoms with Gasteiger partial charge in [0, 0.05) is 43.3 Å². The number of nitrogens with zero attached hydrogens (tertiary/aromatic N) is 5. The first kappa shape index (κ1) is 22.5. The molecular weight excluding hydrogens is 440 g/mol. The minimum atomic E-state index is -0.306. The first-order valence-corrected chi connectivity index (χ1v) is 11.7. The summed E-state index contributed by atoms with van der Waals surface area (Å²) >= 11 is 0. The molecule has 0 N–H and O–H groups in total. The largest absolute Gasteiger partial charge is 0.368 e. The summed E-state index contributed by atoms with van der Waals surface area (Å²) in [6, 6.07) is 12.5. The van der Waals surface area contributed by atoms with Crippen molar-refractivity contribution >= 4 is 11.6 Å². The molecule has 9 heteroatoms. The van der Waals surface area contributed by atoms with E-state index in [1.54, 1.807) is 24.3 Å². The van der Waals surface area contributed by atoms with Gasteiger partial charge in [0.15, 0.2) is 0 Å². The molecule has 1 amide bonds. The lowest BCUT2D eigenvalue weighted by Crippen LogP contribution is -2.51. The van der Waals surface area contributed by atoms with Gasteiger partial charge in [0.1, 0.15) is 11.6 Å². The molecule has 2 aromatic carbocycles. The molecule has 2 aliphatic rings. The molecule has 3 aromatic rings. The molecule has 34 heavy (non-hydrogen) atoms. The van der Waals surface area contributed by atoms with Gasteiger partial charge in [-0.05, 0) is 74.5 Å². The molecule has 2 fully saturated rings. The van der Waals surface area contributed by atoms with E-state index in [4.69, 9.17) is 4.52 Å². The number of anilines is 1. The van der Waals surface area contributed by atoms with Crippen molar-refractivity contribution < 1.29 is 18.1 Å². The standard InChI is InChI=1S/C25H27F2N5O2/c26-20-3-1-18(2-4-20)24-28-23(34-29-24)17-30-11-9-19(10-12-30)25(33)32-15-13-31(14-16-32)22-7-5-21(27)6-8-22/h1-8,19H,9-17H2. The lowest BCUT2D eigenvalue weighted by atomic mass is 9.95. The van der Waals surface area contributed by atoms with Gasteiger partial charge in [-0.2, -0.15) is 4.98 Å². The van der Waals surface area contributed by atoms with Gasteiger partial charge in [0.2, 0.25) is 17.6 Å². The van der Waals surface area contributed by atoms with E-state index in [1.807, 2.05) is 4.90 Å². The Balaban J connectivity index is 1.09. The van der Waals surface area contributed by atoms with Gasteiger partial charge in [0.25, 0.3) is 0 Å². The Morgan fingerprint density at radius 1 is 0.882 bits per heavy atom. The zero-order valence-corrected chi connectivity index (χ0v) is 18.9. The number of rotatable bonds is 5. The number of hydrogen-bond donors (Lipinski definition) is 0. The van der Waals surface area contributed by atoms with Crippen LogP contribution in [0.4, 0.5) is 14.5 Å². The number of benzene rings is 2. The van der Waals surface area contributed by atoms with Crippen molar-refractivity contribution in [2.45, 2.75) is 19.4 Å². The summed E-state index contributed by atoms with van der Waals surface area (Å²) in [6.45, 7) is 4.99. The van der Waals surface area contributed by atoms with Crippen LogP contribution in [-0.2, 0) is 11.3 Å². The van der Waals surface area contributed by atoms with E-state index in [9.17, 15) is 13.6 Å². The highest BCUT2D eigenvalue weighted by Gasteiger charge is 2.31. The fraction of sp³-hybridized carbons (Fsp3) is 0.400. The number of carbonyl (C=O) groups excluding carboxylic acids is 1. The second-order valence-corrected chi connectivity index (χ2v) is 8.86. The topological polar surface area (TPSA) is 65.7 Å². The van der Waals surface area contributed by atoms with E-state index in [1.165, 1.54) is 24.3 Å². The molecule has 0 aliphatic carbocycles. The van der Waals surface area contributed by atoms with Crippen LogP contribution in [0.5, 0.6) is 0 Å². The summed E-state index contributed by atoms with van der Waals surface area (Å²) in [7, 11) is 0. The van der Waals surface area contributed by atoms with Gasteiger partial charge < -0.3 is 14.3 Å². The number of amides is 1. The van der Waals surface area contributed by atoms with Crippen LogP contribution >= 0.6 is 0 Å². The monoisotopic (exact) mass is 467 g/mol. The minimum Gasteiger partial charge on any atom is -0.368 e. The first-order chi connectivity index (χ1) is 16.5. The average molecular weight is 468 g/mol. The van der Waals surface area contributed by atoms with Crippen molar-refractivity contribution in [3.63, 3.8) is 0 Å². The number of carbonyl (C=O) groups is 1. The van der Waals surface area contributed by atoms with Crippen LogP contribution in [0.2, 0.25) is 0 Å². The predicted octanol–water partition coefficient (Wildman–Crippen LogP) is 3.58. The van der Waals surface area contributed by atoms with Crippen molar-refractivity contribution in [1.29, 1.82) is 0 Å². The highest BCUT2D eigenvalue weighted by atomic mass is 19.1. The number of piperidine rings is 1. The molecule has 5 rings (SSSR count). The van der Waals surface area contributed by atoms with E-state index < -0.39 is 0 Å². The molecule has 0 bridgehead atoms. The molecule has 0 saturated carbocycles. The lowest BCUT2D eigenvalue weighted by Gasteiger charge is -2.39. The smallest absolute Gasteiger partial charge is 0.241 e. The van der Waals surface area contributed by atoms with Gasteiger partial charge >= 0.3 is 0 Å². The number of piperazine rings is 1. The molecule has 2 saturated heterocycles. The summed E-state index contributed by atoms with van der Waals surface area (Å²) in [6.07, 6.45) is 1.60. The molecule has 0 atom stereocenters. The molecule has 0 radical (unpaired) electrons. The SMILES string of the molecule is O=C(C1CCN(Cc2nc(-c3ccc(F)cc3)no2)CC1)N1CCN(c2ccc(F)cc2)CC1. The first-order valence-electron chi connectivity index (χ1n) is 11.7. The van der Waals surface area contributed by atoms with E-state index in [0.717, 1.165) is 44.7 Å². The second-order valence-electron chi connectivity index (χ2n) is 8.86. The number of halogens is 2. The van der Waals surface area contributed by atoms with Gasteiger partial charge in [0.05, 0.1) is 6.54 Å². The van der Waals surface area contributed by atoms with E-state index in [2.05, 4.69) is 19.9 Å². The van der Waals surface area contributed by atoms with Crippen molar-refractivity contribution in [3.05, 3.63) is 66.1 Å². The Bertz CT molecular complexity index is 1100. The third kappa shape index (κ3) is 5.09. The fourth-order valence-corrected chi connectivity index (χ4v) is 4.66. The summed E-state index contributed by atoms with van der Waals surface area (Å²) in [5, 5.41) is 4.00. The van der Waals surface area contributed by atoms with Crippen LogP contribution in [0.15, 0.2) is 53.1 Å². The number of hydrogen-bond acceptors (Lipinski definition) is 6. The van der Waals surface area contributed by atoms with Gasteiger partial charge in [-0.3, -0.25) is 9.69 Å². The van der Waals surface area contributed by atoms with Crippen LogP contribution in [0.1, 0.15) is 18.7 Å². The summed E-state index contributed by atoms with van der Waals surface area (Å²) in [5.41, 5.74) is 1.70. The summed E-state index contributed by atoms with van der Waals surface area (Å²) in [4.78, 5) is 23.9. The summed E-state index contributed by atoms with van der Waals surface area (Å²) < 4.78 is 31.7. The average Bonchev–Trinajstić information content (AvgIpc) is 3.33. The molecular formula is C25H27F2N5O2. The van der Waals surface area contributed by atoms with Crippen molar-refractivity contribution in [3.8, 4) is 11.4 Å². The van der Waals surface area contributed by atoms with Crippen LogP contribution in [0.3, 0.4) is 0 Å². The molecule has 7 nitrogen and oxygen atoms in total. The highest BCUT2D eigenvalue weighted by molar-refractivity contribution is 5.79. The van der Waals surface area contributed by atoms with Crippen LogP contribution in [0, 0.1) is 17.6 Å². The zero-order valence-electron chi connectivity index (χ0n) is 18.9. The predicted molar refractivity (Wildman–Crippen MR) is 123 cm³/mol. The molecule has 0 spiro atoms. The van der Waals surface area contributed by atoms with Gasteiger partial charge in [-0.1, -0.05) is 5.16 Å². The van der Waals surface area contributed by atoms with Crippen molar-refractivity contribution in [2.75, 3.05) is 44.2 Å². The Hall–Kier alpha value is -3.33. The summed E-state index contributed by atoms with van der Waals surface area (Å²) in [5.74, 6) is 0.678. The lowest BCUT2D eigenvalue weighted by molar-refractivity contribution is -0.137. The van der Waals surface area contributed by atoms with Crippen LogP contribution < -0.4 is 4.90 Å². The van der Waals surface area contributed by atoms with Crippen LogP contribution in [-0.4, -0.2) is 65.1 Å². The maximum atomic E-state index is 13.2. The van der Waals surface area contributed by atoms with Crippen molar-refractivity contribution in [1.82, 2.24) is 19.9 Å². The molecule has 3 heterocycles. The Labute approximate surface area is 197 Å². The number of aromatic nitrogens is 2. The van der Waals surface area contributed by atoms with Crippen LogP contribution in [0.25, 0.3) is 11.4 Å². The Morgan fingerprint density at radius 3 is 2.15 bits per heavy atom. The number of likely N-dealkylation sites (tertiary alicyclic amines) is 1. The van der Waals surface area contributed by atoms with E-state index >= 15 is 0 Å². The van der Waals surface area contributed by atoms with Gasteiger partial charge in [-0.25, -0.2) is 8.78 Å². The minimum absolute atomic E-state index is 0.0334. The maximum Gasteiger partial charge on any atom is 0.241 e. The van der Waals surface area contributed by atoms with E-state index in [-0.39, 0.29) is 23.5 Å².